The van der Waals surface area contributed by atoms with Crippen LogP contribution in [0.5, 0.6) is 0 Å². The monoisotopic (exact) mass is 454 g/mol. The van der Waals surface area contributed by atoms with E-state index in [9.17, 15) is 29.2 Å². The lowest BCUT2D eigenvalue weighted by Gasteiger charge is -2.18. The number of aliphatic hydroxyl groups is 2. The molecule has 1 amide bonds. The van der Waals surface area contributed by atoms with Crippen molar-refractivity contribution >= 4 is 31.5 Å². The van der Waals surface area contributed by atoms with Crippen LogP contribution in [0.2, 0.25) is 0 Å². The molecule has 16 nitrogen and oxygen atoms in total. The molecule has 0 aliphatic carbocycles. The second-order valence-corrected chi connectivity index (χ2v) is 7.42. The molecule has 2 rings (SSSR count). The summed E-state index contributed by atoms with van der Waals surface area (Å²) in [5.41, 5.74) is 5.27. The van der Waals surface area contributed by atoms with E-state index in [-0.39, 0.29) is 0 Å². The number of phosphoric ester groups is 1. The first-order chi connectivity index (χ1) is 13.8. The summed E-state index contributed by atoms with van der Waals surface area (Å²) in [6.45, 7) is -0.767. The van der Waals surface area contributed by atoms with Crippen LogP contribution in [0, 0.1) is 0 Å². The third kappa shape index (κ3) is 5.51. The number of anilines is 1. The standard InChI is InChI=1S/C13H19N4O12P/c14-10-7(11(22)16-4(13(23)24)1-6(18)19)15-3-17(10)12-9(21)8(20)5(29-12)2-28-30(25,26)27/h3-5,8-9,12,20-21H,1-2,14H2,(H,16,22)(H,18,19)(H,23,24)(H2,25,26,27)/t4-,5?,8-,9?,12?/m0/s1. The lowest BCUT2D eigenvalue weighted by atomic mass is 10.1. The molecule has 168 valence electrons. The number of nitrogens with one attached hydrogen (secondary N) is 1. The smallest absolute Gasteiger partial charge is 0.469 e. The predicted octanol–water partition coefficient (Wildman–Crippen LogP) is -3.15. The van der Waals surface area contributed by atoms with Crippen LogP contribution >= 0.6 is 7.82 Å². The zero-order chi connectivity index (χ0) is 22.8. The Morgan fingerprint density at radius 3 is 2.47 bits per heavy atom. The molecule has 0 aromatic carbocycles. The normalized spacial score (nSPS) is 25.1. The maximum absolute atomic E-state index is 12.2. The molecule has 1 fully saturated rings. The van der Waals surface area contributed by atoms with Crippen LogP contribution in [0.4, 0.5) is 5.82 Å². The Bertz CT molecular complexity index is 868. The van der Waals surface area contributed by atoms with Crippen molar-refractivity contribution in [3.05, 3.63) is 12.0 Å². The second kappa shape index (κ2) is 9.05. The minimum absolute atomic E-state index is 0.417. The van der Waals surface area contributed by atoms with Gasteiger partial charge in [-0.3, -0.25) is 18.7 Å². The maximum Gasteiger partial charge on any atom is 0.469 e. The van der Waals surface area contributed by atoms with Crippen LogP contribution in [0.3, 0.4) is 0 Å². The highest BCUT2D eigenvalue weighted by Gasteiger charge is 2.45. The van der Waals surface area contributed by atoms with Crippen molar-refractivity contribution in [2.45, 2.75) is 37.0 Å². The second-order valence-electron chi connectivity index (χ2n) is 6.18. The SMILES string of the molecule is Nc1c(C(=O)N[C@@H](CC(=O)O)C(=O)O)ncn1C1OC(COP(=O)(O)O)[C@H](O)C1O. The van der Waals surface area contributed by atoms with E-state index in [4.69, 9.17) is 30.5 Å². The van der Waals surface area contributed by atoms with Crippen LogP contribution in [0.25, 0.3) is 0 Å². The summed E-state index contributed by atoms with van der Waals surface area (Å²) in [5.74, 6) is -4.61. The van der Waals surface area contributed by atoms with Gasteiger partial charge < -0.3 is 46.0 Å². The van der Waals surface area contributed by atoms with Crippen molar-refractivity contribution in [3.8, 4) is 0 Å². The molecule has 0 radical (unpaired) electrons. The van der Waals surface area contributed by atoms with Gasteiger partial charge in [0.05, 0.1) is 19.4 Å². The van der Waals surface area contributed by atoms with E-state index in [0.717, 1.165) is 10.9 Å². The summed E-state index contributed by atoms with van der Waals surface area (Å²) in [5, 5.41) is 39.7. The van der Waals surface area contributed by atoms with E-state index in [1.54, 1.807) is 0 Å². The highest BCUT2D eigenvalue weighted by Crippen LogP contribution is 2.38. The Hall–Kier alpha value is -2.59. The molecule has 1 aromatic rings. The summed E-state index contributed by atoms with van der Waals surface area (Å²) in [6, 6.07) is -1.76. The summed E-state index contributed by atoms with van der Waals surface area (Å²) >= 11 is 0. The average molecular weight is 454 g/mol. The van der Waals surface area contributed by atoms with Gasteiger partial charge in [0.1, 0.15) is 30.2 Å². The quantitative estimate of drug-likeness (QED) is 0.171. The zero-order valence-corrected chi connectivity index (χ0v) is 15.8. The molecular weight excluding hydrogens is 435 g/mol. The predicted molar refractivity (Wildman–Crippen MR) is 91.7 cm³/mol. The number of rotatable bonds is 9. The van der Waals surface area contributed by atoms with Gasteiger partial charge in [-0.2, -0.15) is 0 Å². The van der Waals surface area contributed by atoms with Crippen molar-refractivity contribution < 1.29 is 58.4 Å². The number of carbonyl (C=O) groups excluding carboxylic acids is 1. The van der Waals surface area contributed by atoms with E-state index in [1.807, 2.05) is 5.32 Å². The van der Waals surface area contributed by atoms with Crippen molar-refractivity contribution in [2.24, 2.45) is 0 Å². The number of carbonyl (C=O) groups is 3. The largest absolute Gasteiger partial charge is 0.481 e. The molecule has 1 aromatic heterocycles. The fourth-order valence-corrected chi connectivity index (χ4v) is 2.96. The van der Waals surface area contributed by atoms with Crippen LogP contribution in [-0.2, 0) is 23.4 Å². The van der Waals surface area contributed by atoms with Crippen molar-refractivity contribution in [1.82, 2.24) is 14.9 Å². The van der Waals surface area contributed by atoms with E-state index in [2.05, 4.69) is 9.51 Å². The lowest BCUT2D eigenvalue weighted by Crippen LogP contribution is -2.42. The van der Waals surface area contributed by atoms with Gasteiger partial charge in [-0.05, 0) is 0 Å². The number of ether oxygens (including phenoxy) is 1. The molecule has 0 saturated carbocycles. The minimum Gasteiger partial charge on any atom is -0.481 e. The molecule has 1 aliphatic rings. The van der Waals surface area contributed by atoms with Crippen LogP contribution in [0.15, 0.2) is 6.33 Å². The van der Waals surface area contributed by atoms with Gasteiger partial charge in [-0.25, -0.2) is 14.3 Å². The first-order valence-corrected chi connectivity index (χ1v) is 9.64. The third-order valence-electron chi connectivity index (χ3n) is 4.05. The molecule has 1 saturated heterocycles. The number of imidazole rings is 1. The number of carboxylic acid groups (broad SMARTS) is 2. The molecule has 5 atom stereocenters. The van der Waals surface area contributed by atoms with Crippen LogP contribution in [0.1, 0.15) is 23.1 Å². The molecule has 3 unspecified atom stereocenters. The topological polar surface area (TPSA) is 264 Å². The molecular formula is C13H19N4O12P. The van der Waals surface area contributed by atoms with E-state index in [1.165, 1.54) is 0 Å². The number of aliphatic carboxylic acids is 2. The summed E-state index contributed by atoms with van der Waals surface area (Å²) in [6.07, 6.45) is -6.03. The number of nitrogen functional groups attached to an aromatic ring is 1. The first kappa shape index (κ1) is 23.7. The fourth-order valence-electron chi connectivity index (χ4n) is 2.62. The highest BCUT2D eigenvalue weighted by atomic mass is 31.2. The highest BCUT2D eigenvalue weighted by molar-refractivity contribution is 7.46. The number of carboxylic acids is 2. The number of nitrogens with two attached hydrogens (primary N) is 1. The maximum atomic E-state index is 12.2. The van der Waals surface area contributed by atoms with Gasteiger partial charge in [0.25, 0.3) is 5.91 Å². The summed E-state index contributed by atoms with van der Waals surface area (Å²) < 4.78 is 21.2. The van der Waals surface area contributed by atoms with Crippen molar-refractivity contribution in [3.63, 3.8) is 0 Å². The van der Waals surface area contributed by atoms with Gasteiger partial charge in [0, 0.05) is 0 Å². The van der Waals surface area contributed by atoms with Crippen LogP contribution < -0.4 is 11.1 Å². The van der Waals surface area contributed by atoms with Gasteiger partial charge in [-0.15, -0.1) is 0 Å². The van der Waals surface area contributed by atoms with E-state index in [0.29, 0.717) is 0 Å². The van der Waals surface area contributed by atoms with Crippen molar-refractivity contribution in [1.29, 1.82) is 0 Å². The number of aliphatic hydroxyl groups excluding tert-OH is 2. The zero-order valence-electron chi connectivity index (χ0n) is 14.9. The van der Waals surface area contributed by atoms with Gasteiger partial charge in [-0.1, -0.05) is 0 Å². The number of amides is 1. The number of nitrogens with zero attached hydrogens (tertiary/aromatic N) is 2. The molecule has 1 aliphatic heterocycles. The minimum atomic E-state index is -4.87. The first-order valence-electron chi connectivity index (χ1n) is 8.11. The number of hydrogen-bond donors (Lipinski definition) is 8. The third-order valence-corrected chi connectivity index (χ3v) is 4.53. The molecule has 0 bridgehead atoms. The average Bonchev–Trinajstić information content (AvgIpc) is 3.12. The molecule has 17 heteroatoms. The molecule has 30 heavy (non-hydrogen) atoms. The summed E-state index contributed by atoms with van der Waals surface area (Å²) in [4.78, 5) is 55.1. The van der Waals surface area contributed by atoms with E-state index >= 15 is 0 Å². The summed E-state index contributed by atoms with van der Waals surface area (Å²) in [7, 11) is -4.87. The Kier molecular flexibility index (Phi) is 7.14. The number of hydrogen-bond acceptors (Lipinski definition) is 10. The molecule has 9 N–H and O–H groups in total. The molecule has 2 heterocycles. The Labute approximate surface area is 167 Å². The fraction of sp³-hybridized carbons (Fsp3) is 0.538. The van der Waals surface area contributed by atoms with Gasteiger partial charge in [0.15, 0.2) is 11.9 Å². The Morgan fingerprint density at radius 2 is 1.93 bits per heavy atom. The van der Waals surface area contributed by atoms with Gasteiger partial charge >= 0.3 is 19.8 Å². The van der Waals surface area contributed by atoms with Gasteiger partial charge in [0.2, 0.25) is 0 Å². The lowest BCUT2D eigenvalue weighted by molar-refractivity contribution is -0.145. The van der Waals surface area contributed by atoms with Crippen molar-refractivity contribution in [2.75, 3.05) is 12.3 Å². The van der Waals surface area contributed by atoms with Crippen LogP contribution in [-0.4, -0.2) is 88.6 Å². The Morgan fingerprint density at radius 1 is 1.30 bits per heavy atom. The number of phosphoric acid groups is 1. The van der Waals surface area contributed by atoms with E-state index < -0.39 is 80.8 Å². The Balaban J connectivity index is 2.16. The molecule has 0 spiro atoms. The number of aromatic nitrogens is 2.